The summed E-state index contributed by atoms with van der Waals surface area (Å²) in [6.07, 6.45) is -0.131. The Morgan fingerprint density at radius 1 is 1.32 bits per heavy atom. The largest absolute Gasteiger partial charge is 0.477 e. The number of fused-ring (bicyclic) bond motifs is 1. The first kappa shape index (κ1) is 16.4. The van der Waals surface area contributed by atoms with Crippen LogP contribution in [0.3, 0.4) is 0 Å². The highest BCUT2D eigenvalue weighted by atomic mass is 35.5. The van der Waals surface area contributed by atoms with Gasteiger partial charge in [-0.2, -0.15) is 0 Å². The van der Waals surface area contributed by atoms with E-state index < -0.39 is 17.7 Å². The van der Waals surface area contributed by atoms with Gasteiger partial charge >= 0.3 is 11.6 Å². The van der Waals surface area contributed by atoms with Crippen molar-refractivity contribution in [3.05, 3.63) is 39.2 Å². The van der Waals surface area contributed by atoms with Gasteiger partial charge in [0.2, 0.25) is 0 Å². The molecule has 0 fully saturated rings. The molecule has 0 aliphatic heterocycles. The Hall–Kier alpha value is -2.01. The van der Waals surface area contributed by atoms with Crippen molar-refractivity contribution in [2.24, 2.45) is 0 Å². The molecule has 0 aliphatic carbocycles. The molecule has 118 valence electrons. The fraction of sp³-hybridized carbons (Fsp3) is 0.375. The highest BCUT2D eigenvalue weighted by molar-refractivity contribution is 6.32. The first-order valence-electron chi connectivity index (χ1n) is 7.05. The number of ether oxygens (including phenoxy) is 2. The summed E-state index contributed by atoms with van der Waals surface area (Å²) < 4.78 is 15.6. The molecule has 22 heavy (non-hydrogen) atoms. The maximum atomic E-state index is 11.6. The van der Waals surface area contributed by atoms with Gasteiger partial charge in [-0.05, 0) is 31.9 Å². The molecule has 0 amide bonds. The van der Waals surface area contributed by atoms with Crippen LogP contribution in [0, 0.1) is 0 Å². The van der Waals surface area contributed by atoms with Gasteiger partial charge in [-0.15, -0.1) is 0 Å². The fourth-order valence-corrected chi connectivity index (χ4v) is 2.32. The number of rotatable bonds is 5. The van der Waals surface area contributed by atoms with Crippen molar-refractivity contribution in [3.63, 3.8) is 0 Å². The smallest absolute Gasteiger partial charge is 0.347 e. The van der Waals surface area contributed by atoms with Crippen LogP contribution in [-0.4, -0.2) is 18.7 Å². The first-order valence-corrected chi connectivity index (χ1v) is 7.43. The molecule has 0 saturated carbocycles. The molecule has 1 atom stereocenters. The molecule has 1 heterocycles. The molecule has 0 aliphatic rings. The van der Waals surface area contributed by atoms with Crippen LogP contribution in [0.15, 0.2) is 27.4 Å². The summed E-state index contributed by atoms with van der Waals surface area (Å²) in [4.78, 5) is 23.2. The van der Waals surface area contributed by atoms with E-state index in [1.807, 2.05) is 6.92 Å². The number of aryl methyl sites for hydroxylation is 1. The van der Waals surface area contributed by atoms with Gasteiger partial charge in [0, 0.05) is 17.5 Å². The molecular weight excluding hydrogens is 308 g/mol. The summed E-state index contributed by atoms with van der Waals surface area (Å²) in [5, 5.41) is 1.09. The zero-order chi connectivity index (χ0) is 16.3. The van der Waals surface area contributed by atoms with Crippen LogP contribution in [0.2, 0.25) is 5.02 Å². The molecule has 2 aromatic rings. The maximum absolute atomic E-state index is 11.6. The maximum Gasteiger partial charge on any atom is 0.347 e. The second-order valence-corrected chi connectivity index (χ2v) is 5.14. The van der Waals surface area contributed by atoms with E-state index >= 15 is 0 Å². The molecule has 6 heteroatoms. The van der Waals surface area contributed by atoms with Crippen LogP contribution in [0.1, 0.15) is 26.3 Å². The molecule has 0 N–H and O–H groups in total. The summed E-state index contributed by atoms with van der Waals surface area (Å²) in [7, 11) is 0. The van der Waals surface area contributed by atoms with Gasteiger partial charge in [-0.25, -0.2) is 9.59 Å². The van der Waals surface area contributed by atoms with E-state index in [0.29, 0.717) is 17.0 Å². The topological polar surface area (TPSA) is 65.7 Å². The van der Waals surface area contributed by atoms with E-state index in [-0.39, 0.29) is 12.4 Å². The van der Waals surface area contributed by atoms with Gasteiger partial charge < -0.3 is 13.9 Å². The van der Waals surface area contributed by atoms with Crippen LogP contribution in [0.5, 0.6) is 5.75 Å². The molecule has 0 spiro atoms. The van der Waals surface area contributed by atoms with Crippen molar-refractivity contribution in [1.82, 2.24) is 0 Å². The number of benzene rings is 1. The lowest BCUT2D eigenvalue weighted by Crippen LogP contribution is -2.26. The lowest BCUT2D eigenvalue weighted by molar-refractivity contribution is -0.150. The third-order valence-electron chi connectivity index (χ3n) is 3.19. The molecule has 0 unspecified atom stereocenters. The fourth-order valence-electron chi connectivity index (χ4n) is 2.11. The average Bonchev–Trinajstić information content (AvgIpc) is 2.48. The number of esters is 1. The van der Waals surface area contributed by atoms with E-state index in [9.17, 15) is 9.59 Å². The van der Waals surface area contributed by atoms with E-state index in [4.69, 9.17) is 25.5 Å². The average molecular weight is 325 g/mol. The molecule has 0 radical (unpaired) electrons. The van der Waals surface area contributed by atoms with Gasteiger partial charge in [0.25, 0.3) is 0 Å². The van der Waals surface area contributed by atoms with Crippen molar-refractivity contribution in [3.8, 4) is 5.75 Å². The van der Waals surface area contributed by atoms with Gasteiger partial charge in [0.05, 0.1) is 11.6 Å². The monoisotopic (exact) mass is 324 g/mol. The molecule has 2 rings (SSSR count). The molecular formula is C16H17ClO5. The van der Waals surface area contributed by atoms with E-state index in [2.05, 4.69) is 0 Å². The van der Waals surface area contributed by atoms with Crippen LogP contribution in [-0.2, 0) is 16.0 Å². The van der Waals surface area contributed by atoms with Crippen LogP contribution in [0.4, 0.5) is 0 Å². The quantitative estimate of drug-likeness (QED) is 0.623. The molecule has 0 saturated heterocycles. The SMILES string of the molecule is CCOC(=O)[C@H](C)Oc1cc2oc(=O)cc(CC)c2cc1Cl. The Labute approximate surface area is 132 Å². The van der Waals surface area contributed by atoms with Crippen molar-refractivity contribution in [2.45, 2.75) is 33.3 Å². The Kier molecular flexibility index (Phi) is 5.08. The van der Waals surface area contributed by atoms with Crippen LogP contribution >= 0.6 is 11.6 Å². The van der Waals surface area contributed by atoms with Gasteiger partial charge in [-0.1, -0.05) is 18.5 Å². The first-order chi connectivity index (χ1) is 10.5. The summed E-state index contributed by atoms with van der Waals surface area (Å²) >= 11 is 6.20. The minimum Gasteiger partial charge on any atom is -0.477 e. The van der Waals surface area contributed by atoms with Gasteiger partial charge in [0.1, 0.15) is 11.3 Å². The Morgan fingerprint density at radius 2 is 2.05 bits per heavy atom. The highest BCUT2D eigenvalue weighted by Crippen LogP contribution is 2.32. The molecule has 0 bridgehead atoms. The zero-order valence-electron chi connectivity index (χ0n) is 12.6. The van der Waals surface area contributed by atoms with Crippen molar-refractivity contribution < 1.29 is 18.7 Å². The van der Waals surface area contributed by atoms with Crippen molar-refractivity contribution in [2.75, 3.05) is 6.61 Å². The molecule has 1 aromatic carbocycles. The minimum absolute atomic E-state index is 0.270. The van der Waals surface area contributed by atoms with Gasteiger partial charge in [0.15, 0.2) is 6.10 Å². The Morgan fingerprint density at radius 3 is 2.68 bits per heavy atom. The van der Waals surface area contributed by atoms with Crippen molar-refractivity contribution >= 4 is 28.5 Å². The van der Waals surface area contributed by atoms with Crippen molar-refractivity contribution in [1.29, 1.82) is 0 Å². The number of carbonyl (C=O) groups is 1. The lowest BCUT2D eigenvalue weighted by atomic mass is 10.1. The highest BCUT2D eigenvalue weighted by Gasteiger charge is 2.18. The van der Waals surface area contributed by atoms with Crippen LogP contribution in [0.25, 0.3) is 11.0 Å². The van der Waals surface area contributed by atoms with E-state index in [1.54, 1.807) is 19.9 Å². The second kappa shape index (κ2) is 6.83. The standard InChI is InChI=1S/C16H17ClO5/c1-4-10-6-15(18)22-13-8-14(12(17)7-11(10)13)21-9(3)16(19)20-5-2/h6-9H,4-5H2,1-3H3/t9-/m0/s1. The second-order valence-electron chi connectivity index (χ2n) is 4.74. The summed E-state index contributed by atoms with van der Waals surface area (Å²) in [6.45, 7) is 5.49. The van der Waals surface area contributed by atoms with Gasteiger partial charge in [-0.3, -0.25) is 0 Å². The number of halogens is 1. The summed E-state index contributed by atoms with van der Waals surface area (Å²) in [5.41, 5.74) is 0.786. The Bertz CT molecular complexity index is 750. The van der Waals surface area contributed by atoms with E-state index in [1.165, 1.54) is 12.1 Å². The molecule has 5 nitrogen and oxygen atoms in total. The molecule has 1 aromatic heterocycles. The lowest BCUT2D eigenvalue weighted by Gasteiger charge is -2.15. The zero-order valence-corrected chi connectivity index (χ0v) is 13.4. The predicted molar refractivity (Wildman–Crippen MR) is 83.6 cm³/mol. The van der Waals surface area contributed by atoms with Crippen LogP contribution < -0.4 is 10.4 Å². The number of hydrogen-bond acceptors (Lipinski definition) is 5. The minimum atomic E-state index is -0.809. The third kappa shape index (κ3) is 3.42. The van der Waals surface area contributed by atoms with E-state index in [0.717, 1.165) is 10.9 Å². The number of carbonyl (C=O) groups excluding carboxylic acids is 1. The third-order valence-corrected chi connectivity index (χ3v) is 3.48. The normalized spacial score (nSPS) is 12.2. The predicted octanol–water partition coefficient (Wildman–Crippen LogP) is 3.34. The summed E-state index contributed by atoms with van der Waals surface area (Å²) in [6, 6.07) is 4.64. The Balaban J connectivity index is 2.41. The summed E-state index contributed by atoms with van der Waals surface area (Å²) in [5.74, 6) is -0.214. The number of hydrogen-bond donors (Lipinski definition) is 0.